The van der Waals surface area contributed by atoms with Crippen LogP contribution in [0.5, 0.6) is 0 Å². The first kappa shape index (κ1) is 13.1. The largest absolute Gasteiger partial charge is 0.392 e. The maximum absolute atomic E-state index is 10.6. The lowest BCUT2D eigenvalue weighted by Gasteiger charge is -2.53. The molecule has 2 rings (SSSR count). The van der Waals surface area contributed by atoms with Gasteiger partial charge in [0.1, 0.15) is 0 Å². The summed E-state index contributed by atoms with van der Waals surface area (Å²) in [6.07, 6.45) is 4.35. The fourth-order valence-electron chi connectivity index (χ4n) is 4.03. The molecule has 0 aliphatic heterocycles. The van der Waals surface area contributed by atoms with Crippen LogP contribution < -0.4 is 0 Å². The summed E-state index contributed by atoms with van der Waals surface area (Å²) in [6, 6.07) is 0. The first-order valence-corrected chi connectivity index (χ1v) is 6.90. The average Bonchev–Trinajstić information content (AvgIpc) is 2.23. The number of aliphatic hydroxyl groups excluding tert-OH is 2. The molecule has 5 atom stereocenters. The fraction of sp³-hybridized carbons (Fsp3) is 0.867. The van der Waals surface area contributed by atoms with Gasteiger partial charge < -0.3 is 10.2 Å². The molecule has 1 fully saturated rings. The Morgan fingerprint density at radius 2 is 2.00 bits per heavy atom. The van der Waals surface area contributed by atoms with Gasteiger partial charge in [0.15, 0.2) is 0 Å². The van der Waals surface area contributed by atoms with Crippen molar-refractivity contribution in [1.29, 1.82) is 0 Å². The van der Waals surface area contributed by atoms with Crippen molar-refractivity contribution in [1.82, 2.24) is 0 Å². The Kier molecular flexibility index (Phi) is 3.39. The minimum absolute atomic E-state index is 0.121. The second-order valence-corrected chi connectivity index (χ2v) is 6.62. The van der Waals surface area contributed by atoms with Gasteiger partial charge in [0.2, 0.25) is 0 Å². The van der Waals surface area contributed by atoms with Crippen LogP contribution in [0.1, 0.15) is 47.0 Å². The second-order valence-electron chi connectivity index (χ2n) is 6.62. The molecule has 2 heteroatoms. The van der Waals surface area contributed by atoms with Crippen LogP contribution in [0, 0.1) is 23.2 Å². The third-order valence-corrected chi connectivity index (χ3v) is 5.28. The molecule has 17 heavy (non-hydrogen) atoms. The van der Waals surface area contributed by atoms with E-state index in [0.717, 1.165) is 19.3 Å². The van der Waals surface area contributed by atoms with Crippen LogP contribution in [0.25, 0.3) is 0 Å². The van der Waals surface area contributed by atoms with Gasteiger partial charge >= 0.3 is 0 Å². The second kappa shape index (κ2) is 4.40. The highest BCUT2D eigenvalue weighted by Gasteiger charge is 2.51. The number of rotatable bonds is 1. The van der Waals surface area contributed by atoms with Crippen molar-refractivity contribution in [3.05, 3.63) is 11.6 Å². The highest BCUT2D eigenvalue weighted by molar-refractivity contribution is 5.20. The van der Waals surface area contributed by atoms with Crippen LogP contribution >= 0.6 is 0 Å². The Morgan fingerprint density at radius 3 is 2.59 bits per heavy atom. The van der Waals surface area contributed by atoms with Gasteiger partial charge in [-0.1, -0.05) is 32.4 Å². The van der Waals surface area contributed by atoms with Gasteiger partial charge in [0.25, 0.3) is 0 Å². The molecule has 2 N–H and O–H groups in total. The Morgan fingerprint density at radius 1 is 1.35 bits per heavy atom. The average molecular weight is 238 g/mol. The van der Waals surface area contributed by atoms with Crippen molar-refractivity contribution in [2.24, 2.45) is 23.2 Å². The van der Waals surface area contributed by atoms with Gasteiger partial charge in [-0.05, 0) is 38.0 Å². The van der Waals surface area contributed by atoms with Crippen LogP contribution in [-0.4, -0.2) is 22.4 Å². The summed E-state index contributed by atoms with van der Waals surface area (Å²) in [5, 5.41) is 20.9. The monoisotopic (exact) mass is 238 g/mol. The Bertz CT molecular complexity index is 321. The number of hydrogen-bond acceptors (Lipinski definition) is 2. The van der Waals surface area contributed by atoms with Crippen molar-refractivity contribution >= 4 is 0 Å². The van der Waals surface area contributed by atoms with E-state index in [1.165, 1.54) is 5.57 Å². The molecule has 0 amide bonds. The smallest absolute Gasteiger partial charge is 0.0642 e. The van der Waals surface area contributed by atoms with Gasteiger partial charge in [-0.3, -0.25) is 0 Å². The molecule has 0 aromatic heterocycles. The lowest BCUT2D eigenvalue weighted by Crippen LogP contribution is -2.53. The van der Waals surface area contributed by atoms with Crippen LogP contribution in [0.3, 0.4) is 0 Å². The third kappa shape index (κ3) is 1.96. The summed E-state index contributed by atoms with van der Waals surface area (Å²) in [7, 11) is 0. The molecule has 0 heterocycles. The third-order valence-electron chi connectivity index (χ3n) is 5.28. The molecular formula is C15H26O2. The van der Waals surface area contributed by atoms with Gasteiger partial charge in [-0.2, -0.15) is 0 Å². The predicted octanol–water partition coefficient (Wildman–Crippen LogP) is 2.75. The highest BCUT2D eigenvalue weighted by atomic mass is 16.3. The molecular weight excluding hydrogens is 212 g/mol. The van der Waals surface area contributed by atoms with Crippen LogP contribution in [0.4, 0.5) is 0 Å². The van der Waals surface area contributed by atoms with E-state index in [2.05, 4.69) is 33.8 Å². The molecule has 0 aromatic rings. The van der Waals surface area contributed by atoms with E-state index < -0.39 is 0 Å². The number of aliphatic hydroxyl groups is 2. The Balaban J connectivity index is 2.33. The Hall–Kier alpha value is -0.340. The van der Waals surface area contributed by atoms with E-state index in [-0.39, 0.29) is 23.5 Å². The fourth-order valence-corrected chi connectivity index (χ4v) is 4.03. The molecule has 0 radical (unpaired) electrons. The van der Waals surface area contributed by atoms with Gasteiger partial charge in [-0.25, -0.2) is 0 Å². The molecule has 98 valence electrons. The zero-order valence-electron chi connectivity index (χ0n) is 11.5. The SMILES string of the molecule is CC1=CCC(O)C2(C)CCC(C(C)C)C(O)C12. The van der Waals surface area contributed by atoms with Gasteiger partial charge in [0, 0.05) is 11.3 Å². The summed E-state index contributed by atoms with van der Waals surface area (Å²) in [5.74, 6) is 1.04. The highest BCUT2D eigenvalue weighted by Crippen LogP contribution is 2.53. The summed E-state index contributed by atoms with van der Waals surface area (Å²) >= 11 is 0. The molecule has 0 aromatic carbocycles. The lowest BCUT2D eigenvalue weighted by atomic mass is 9.54. The first-order chi connectivity index (χ1) is 7.88. The summed E-state index contributed by atoms with van der Waals surface area (Å²) in [4.78, 5) is 0. The van der Waals surface area contributed by atoms with E-state index >= 15 is 0 Å². The topological polar surface area (TPSA) is 40.5 Å². The zero-order chi connectivity index (χ0) is 12.8. The predicted molar refractivity (Wildman–Crippen MR) is 69.5 cm³/mol. The molecule has 2 aliphatic rings. The molecule has 2 aliphatic carbocycles. The van der Waals surface area contributed by atoms with Crippen molar-refractivity contribution in [3.8, 4) is 0 Å². The summed E-state index contributed by atoms with van der Waals surface area (Å²) in [6.45, 7) is 8.64. The van der Waals surface area contributed by atoms with Crippen LogP contribution in [0.15, 0.2) is 11.6 Å². The quantitative estimate of drug-likeness (QED) is 0.690. The molecule has 5 unspecified atom stereocenters. The van der Waals surface area contributed by atoms with Crippen molar-refractivity contribution in [2.45, 2.75) is 59.2 Å². The summed E-state index contributed by atoms with van der Waals surface area (Å²) in [5.41, 5.74) is 1.15. The van der Waals surface area contributed by atoms with E-state index in [1.54, 1.807) is 0 Å². The molecule has 0 spiro atoms. The van der Waals surface area contributed by atoms with Crippen molar-refractivity contribution < 1.29 is 10.2 Å². The van der Waals surface area contributed by atoms with E-state index in [9.17, 15) is 10.2 Å². The van der Waals surface area contributed by atoms with Crippen LogP contribution in [0.2, 0.25) is 0 Å². The zero-order valence-corrected chi connectivity index (χ0v) is 11.5. The first-order valence-electron chi connectivity index (χ1n) is 6.90. The number of hydrogen-bond donors (Lipinski definition) is 2. The number of fused-ring (bicyclic) bond motifs is 1. The summed E-state index contributed by atoms with van der Waals surface area (Å²) < 4.78 is 0. The van der Waals surface area contributed by atoms with E-state index in [0.29, 0.717) is 11.8 Å². The van der Waals surface area contributed by atoms with Gasteiger partial charge in [0.05, 0.1) is 12.2 Å². The van der Waals surface area contributed by atoms with Crippen molar-refractivity contribution in [3.63, 3.8) is 0 Å². The minimum atomic E-state index is -0.293. The van der Waals surface area contributed by atoms with E-state index in [4.69, 9.17) is 0 Å². The van der Waals surface area contributed by atoms with E-state index in [1.807, 2.05) is 0 Å². The standard InChI is InChI=1S/C15H26O2/c1-9(2)11-7-8-15(4)12(16)6-5-10(3)13(15)14(11)17/h5,9,11-14,16-17H,6-8H2,1-4H3. The molecule has 0 bridgehead atoms. The van der Waals surface area contributed by atoms with Crippen molar-refractivity contribution in [2.75, 3.05) is 0 Å². The minimum Gasteiger partial charge on any atom is -0.392 e. The maximum atomic E-state index is 10.6. The Labute approximate surface area is 105 Å². The van der Waals surface area contributed by atoms with Crippen LogP contribution in [-0.2, 0) is 0 Å². The lowest BCUT2D eigenvalue weighted by molar-refractivity contribution is -0.111. The van der Waals surface area contributed by atoms with Gasteiger partial charge in [-0.15, -0.1) is 0 Å². The maximum Gasteiger partial charge on any atom is 0.0642 e. The normalized spacial score (nSPS) is 46.6. The molecule has 0 saturated heterocycles. The molecule has 2 nitrogen and oxygen atoms in total. The molecule has 1 saturated carbocycles.